The Morgan fingerprint density at radius 1 is 1.30 bits per heavy atom. The molecule has 4 aromatic rings. The number of aromatic nitrogens is 3. The van der Waals surface area contributed by atoms with E-state index in [0.29, 0.717) is 32.5 Å². The molecule has 2 unspecified atom stereocenters. The van der Waals surface area contributed by atoms with Crippen LogP contribution < -0.4 is 0 Å². The molecule has 6 nitrogen and oxygen atoms in total. The zero-order chi connectivity index (χ0) is 20.8. The van der Waals surface area contributed by atoms with Crippen LogP contribution in [-0.4, -0.2) is 37.7 Å². The summed E-state index contributed by atoms with van der Waals surface area (Å²) in [6.07, 6.45) is 3.88. The third kappa shape index (κ3) is 3.50. The van der Waals surface area contributed by atoms with Crippen molar-refractivity contribution in [3.8, 4) is 17.5 Å². The minimum Gasteiger partial charge on any atom is -0.492 e. The number of thiazole rings is 1. The van der Waals surface area contributed by atoms with Gasteiger partial charge in [0.15, 0.2) is 5.76 Å². The molecule has 0 bridgehead atoms. The van der Waals surface area contributed by atoms with Crippen molar-refractivity contribution < 1.29 is 9.52 Å². The van der Waals surface area contributed by atoms with E-state index in [0.717, 1.165) is 30.0 Å². The summed E-state index contributed by atoms with van der Waals surface area (Å²) >= 11 is 14.2. The molecule has 1 aliphatic heterocycles. The van der Waals surface area contributed by atoms with E-state index in [1.165, 1.54) is 22.3 Å². The van der Waals surface area contributed by atoms with Gasteiger partial charge in [0.25, 0.3) is 0 Å². The summed E-state index contributed by atoms with van der Waals surface area (Å²) in [4.78, 5) is 8.31. The summed E-state index contributed by atoms with van der Waals surface area (Å²) < 4.78 is 6.86. The molecule has 3 aromatic heterocycles. The van der Waals surface area contributed by atoms with E-state index in [4.69, 9.17) is 27.6 Å². The lowest BCUT2D eigenvalue weighted by Gasteiger charge is -2.37. The summed E-state index contributed by atoms with van der Waals surface area (Å²) in [6, 6.07) is 8.92. The van der Waals surface area contributed by atoms with Gasteiger partial charge in [-0.2, -0.15) is 9.50 Å². The second-order valence-corrected chi connectivity index (χ2v) is 9.56. The smallest absolute Gasteiger partial charge is 0.230 e. The minimum atomic E-state index is -0.196. The normalized spacial score (nSPS) is 18.8. The lowest BCUT2D eigenvalue weighted by atomic mass is 9.95. The Morgan fingerprint density at radius 2 is 2.17 bits per heavy atom. The average Bonchev–Trinajstić information content (AvgIpc) is 3.43. The van der Waals surface area contributed by atoms with Gasteiger partial charge in [-0.15, -0.1) is 5.10 Å². The predicted octanol–water partition coefficient (Wildman–Crippen LogP) is 5.88. The third-order valence-electron chi connectivity index (χ3n) is 5.50. The van der Waals surface area contributed by atoms with Gasteiger partial charge in [0.05, 0.1) is 17.2 Å². The van der Waals surface area contributed by atoms with Crippen molar-refractivity contribution in [2.75, 3.05) is 13.1 Å². The number of hydrogen-bond acceptors (Lipinski definition) is 6. The monoisotopic (exact) mass is 462 g/mol. The molecule has 156 valence electrons. The van der Waals surface area contributed by atoms with Gasteiger partial charge in [-0.1, -0.05) is 47.5 Å². The van der Waals surface area contributed by atoms with Gasteiger partial charge in [-0.05, 0) is 55.1 Å². The van der Waals surface area contributed by atoms with E-state index in [2.05, 4.69) is 21.9 Å². The minimum absolute atomic E-state index is 0.0783. The van der Waals surface area contributed by atoms with Gasteiger partial charge in [0.2, 0.25) is 16.7 Å². The predicted molar refractivity (Wildman–Crippen MR) is 119 cm³/mol. The van der Waals surface area contributed by atoms with E-state index >= 15 is 0 Å². The molecular weight excluding hydrogens is 443 g/mol. The number of piperidine rings is 1. The van der Waals surface area contributed by atoms with Crippen molar-refractivity contribution in [2.45, 2.75) is 25.8 Å². The lowest BCUT2D eigenvalue weighted by molar-refractivity contribution is 0.149. The van der Waals surface area contributed by atoms with E-state index < -0.39 is 0 Å². The number of fused-ring (bicyclic) bond motifs is 1. The number of rotatable bonds is 4. The number of hydrogen-bond donors (Lipinski definition) is 1. The Bertz CT molecular complexity index is 1190. The van der Waals surface area contributed by atoms with Crippen molar-refractivity contribution in [1.29, 1.82) is 0 Å². The Hall–Kier alpha value is -2.06. The van der Waals surface area contributed by atoms with Crippen molar-refractivity contribution in [1.82, 2.24) is 19.5 Å². The van der Waals surface area contributed by atoms with Crippen LogP contribution in [0.15, 0.2) is 41.0 Å². The standard InChI is InChI=1S/C21H20Cl2N4O2S/c1-12-4-2-8-26(11-12)17(14-7-6-13(22)10-15(14)23)18-20(28)27-21(30-18)24-19(25-27)16-5-3-9-29-16/h3,5-7,9-10,12,17,28H,2,4,8,11H2,1H3. The van der Waals surface area contributed by atoms with Gasteiger partial charge < -0.3 is 9.52 Å². The zero-order valence-corrected chi connectivity index (χ0v) is 18.6. The summed E-state index contributed by atoms with van der Waals surface area (Å²) in [5.74, 6) is 1.66. The fourth-order valence-electron chi connectivity index (χ4n) is 4.13. The molecule has 0 saturated carbocycles. The molecular formula is C21H20Cl2N4O2S. The average molecular weight is 463 g/mol. The second-order valence-electron chi connectivity index (χ2n) is 7.71. The first-order valence-electron chi connectivity index (χ1n) is 9.82. The molecule has 30 heavy (non-hydrogen) atoms. The number of furan rings is 1. The van der Waals surface area contributed by atoms with Crippen LogP contribution in [0.25, 0.3) is 16.5 Å². The summed E-state index contributed by atoms with van der Waals surface area (Å²) in [5, 5.41) is 16.7. The topological polar surface area (TPSA) is 66.8 Å². The molecule has 1 fully saturated rings. The SMILES string of the molecule is CC1CCCN(C(c2ccc(Cl)cc2Cl)c2sc3nc(-c4ccco4)nn3c2O)C1. The molecule has 1 saturated heterocycles. The molecule has 0 amide bonds. The number of aromatic hydroxyl groups is 1. The van der Waals surface area contributed by atoms with E-state index in [1.807, 2.05) is 12.1 Å². The highest BCUT2D eigenvalue weighted by molar-refractivity contribution is 7.17. The first kappa shape index (κ1) is 19.9. The summed E-state index contributed by atoms with van der Waals surface area (Å²) in [6.45, 7) is 4.11. The quantitative estimate of drug-likeness (QED) is 0.409. The molecule has 4 heterocycles. The first-order chi connectivity index (χ1) is 14.5. The van der Waals surface area contributed by atoms with Crippen LogP contribution in [0.4, 0.5) is 0 Å². The Labute approximate surface area is 187 Å². The third-order valence-corrected chi connectivity index (χ3v) is 7.14. The van der Waals surface area contributed by atoms with Crippen molar-refractivity contribution in [2.24, 2.45) is 5.92 Å². The molecule has 0 spiro atoms. The van der Waals surface area contributed by atoms with Crippen LogP contribution in [-0.2, 0) is 0 Å². The molecule has 1 aromatic carbocycles. The van der Waals surface area contributed by atoms with Crippen LogP contribution in [0.2, 0.25) is 10.0 Å². The van der Waals surface area contributed by atoms with Crippen molar-refractivity contribution in [3.05, 3.63) is 57.1 Å². The number of nitrogens with zero attached hydrogens (tertiary/aromatic N) is 4. The highest BCUT2D eigenvalue weighted by Crippen LogP contribution is 2.44. The maximum absolute atomic E-state index is 11.1. The summed E-state index contributed by atoms with van der Waals surface area (Å²) in [7, 11) is 0. The highest BCUT2D eigenvalue weighted by atomic mass is 35.5. The van der Waals surface area contributed by atoms with Crippen molar-refractivity contribution in [3.63, 3.8) is 0 Å². The summed E-state index contributed by atoms with van der Waals surface area (Å²) in [5.41, 5.74) is 0.918. The van der Waals surface area contributed by atoms with E-state index in [9.17, 15) is 5.11 Å². The van der Waals surface area contributed by atoms with Crippen molar-refractivity contribution >= 4 is 39.5 Å². The molecule has 2 atom stereocenters. The van der Waals surface area contributed by atoms with Gasteiger partial charge in [0.1, 0.15) is 0 Å². The number of halogens is 2. The lowest BCUT2D eigenvalue weighted by Crippen LogP contribution is -2.37. The zero-order valence-electron chi connectivity index (χ0n) is 16.3. The van der Waals surface area contributed by atoms with Crippen LogP contribution in [0.1, 0.15) is 36.2 Å². The molecule has 5 rings (SSSR count). The molecule has 1 N–H and O–H groups in total. The fourth-order valence-corrected chi connectivity index (χ4v) is 5.75. The van der Waals surface area contributed by atoms with E-state index in [1.54, 1.807) is 24.5 Å². The van der Waals surface area contributed by atoms with Gasteiger partial charge in [-0.25, -0.2) is 0 Å². The largest absolute Gasteiger partial charge is 0.492 e. The maximum atomic E-state index is 11.1. The van der Waals surface area contributed by atoms with Gasteiger partial charge >= 0.3 is 0 Å². The number of benzene rings is 1. The van der Waals surface area contributed by atoms with E-state index in [-0.39, 0.29) is 11.9 Å². The van der Waals surface area contributed by atoms with Gasteiger partial charge in [0, 0.05) is 16.6 Å². The maximum Gasteiger partial charge on any atom is 0.230 e. The van der Waals surface area contributed by atoms with Crippen LogP contribution >= 0.6 is 34.5 Å². The Balaban J connectivity index is 1.62. The van der Waals surface area contributed by atoms with Crippen LogP contribution in [0.5, 0.6) is 5.88 Å². The molecule has 0 radical (unpaired) electrons. The Kier molecular flexibility index (Phi) is 5.23. The molecule has 1 aliphatic rings. The highest BCUT2D eigenvalue weighted by Gasteiger charge is 2.33. The fraction of sp³-hybridized carbons (Fsp3) is 0.333. The van der Waals surface area contributed by atoms with Crippen LogP contribution in [0.3, 0.4) is 0 Å². The van der Waals surface area contributed by atoms with Crippen LogP contribution in [0, 0.1) is 5.92 Å². The first-order valence-corrected chi connectivity index (χ1v) is 11.4. The molecule has 9 heteroatoms. The van der Waals surface area contributed by atoms with Gasteiger partial charge in [-0.3, -0.25) is 4.90 Å². The number of likely N-dealkylation sites (tertiary alicyclic amines) is 1. The second kappa shape index (κ2) is 7.89. The Morgan fingerprint density at radius 3 is 2.87 bits per heavy atom. The molecule has 0 aliphatic carbocycles.